The number of fused-ring (bicyclic) bond motifs is 3. The summed E-state index contributed by atoms with van der Waals surface area (Å²) < 4.78 is 6.60. The molecule has 176 valence electrons. The summed E-state index contributed by atoms with van der Waals surface area (Å²) in [5.41, 5.74) is 3.75. The summed E-state index contributed by atoms with van der Waals surface area (Å²) in [6, 6.07) is 14.3. The van der Waals surface area contributed by atoms with Crippen molar-refractivity contribution >= 4 is 18.0 Å². The largest absolute Gasteiger partial charge is 0.481 e. The second-order valence-corrected chi connectivity index (χ2v) is 7.84. The van der Waals surface area contributed by atoms with Gasteiger partial charge in [0.1, 0.15) is 12.6 Å². The number of rotatable bonds is 8. The number of aromatic amines is 1. The number of hydrogen-bond acceptors (Lipinski definition) is 6. The zero-order valence-electron chi connectivity index (χ0n) is 18.3. The Labute approximate surface area is 193 Å². The molecule has 11 nitrogen and oxygen atoms in total. The Morgan fingerprint density at radius 1 is 1.12 bits per heavy atom. The molecule has 4 N–H and O–H groups in total. The van der Waals surface area contributed by atoms with Gasteiger partial charge in [0.25, 0.3) is 0 Å². The van der Waals surface area contributed by atoms with E-state index in [4.69, 9.17) is 9.84 Å². The third-order valence-corrected chi connectivity index (χ3v) is 5.72. The quantitative estimate of drug-likeness (QED) is 0.388. The Kier molecular flexibility index (Phi) is 6.44. The molecular weight excluding hydrogens is 442 g/mol. The van der Waals surface area contributed by atoms with Crippen LogP contribution in [0.5, 0.6) is 0 Å². The third kappa shape index (κ3) is 4.68. The Hall–Kier alpha value is -4.41. The molecule has 0 spiro atoms. The number of alkyl carbamates (subject to hydrolysis) is 1. The summed E-state index contributed by atoms with van der Waals surface area (Å²) in [6.45, 7) is -0.104. The number of nitrogens with zero attached hydrogens (tertiary/aromatic N) is 2. The van der Waals surface area contributed by atoms with Crippen LogP contribution in [-0.2, 0) is 27.9 Å². The van der Waals surface area contributed by atoms with Crippen LogP contribution in [0.3, 0.4) is 0 Å². The molecule has 0 aliphatic heterocycles. The van der Waals surface area contributed by atoms with Crippen molar-refractivity contribution in [1.82, 2.24) is 25.4 Å². The summed E-state index contributed by atoms with van der Waals surface area (Å²) in [6.07, 6.45) is -1.55. The van der Waals surface area contributed by atoms with Crippen LogP contribution in [0, 0.1) is 0 Å². The van der Waals surface area contributed by atoms with Gasteiger partial charge < -0.3 is 20.5 Å². The summed E-state index contributed by atoms with van der Waals surface area (Å²) in [5, 5.41) is 20.0. The van der Waals surface area contributed by atoms with Crippen LogP contribution < -0.4 is 16.3 Å². The molecule has 0 fully saturated rings. The topological polar surface area (TPSA) is 155 Å². The fraction of sp³-hybridized carbons (Fsp3) is 0.261. The Balaban J connectivity index is 1.39. The number of nitrogens with one attached hydrogen (secondary N) is 3. The van der Waals surface area contributed by atoms with Crippen molar-refractivity contribution in [3.8, 4) is 11.1 Å². The van der Waals surface area contributed by atoms with Gasteiger partial charge in [0.2, 0.25) is 5.91 Å². The van der Waals surface area contributed by atoms with E-state index in [-0.39, 0.29) is 24.9 Å². The lowest BCUT2D eigenvalue weighted by molar-refractivity contribution is -0.139. The highest BCUT2D eigenvalue weighted by atomic mass is 16.5. The molecule has 1 heterocycles. The molecule has 3 aromatic rings. The standard InChI is InChI=1S/C23H23N5O6/c1-28-19(26-27-22(28)32)11-24-21(31)18(10-20(29)30)25-23(33)34-12-17-15-8-4-2-6-13(15)14-7-3-5-9-16(14)17/h2-9,17-18H,10-12H2,1H3,(H,24,31)(H,25,33)(H,27,32)(H,29,30). The molecule has 1 aromatic heterocycles. The van der Waals surface area contributed by atoms with Gasteiger partial charge in [-0.15, -0.1) is 0 Å². The van der Waals surface area contributed by atoms with Crippen LogP contribution in [0.2, 0.25) is 0 Å². The third-order valence-electron chi connectivity index (χ3n) is 5.72. The average molecular weight is 465 g/mol. The molecule has 1 unspecified atom stereocenters. The lowest BCUT2D eigenvalue weighted by Crippen LogP contribution is -2.48. The first kappa shape index (κ1) is 22.8. The first-order chi connectivity index (χ1) is 16.3. The van der Waals surface area contributed by atoms with Crippen molar-refractivity contribution in [2.24, 2.45) is 7.05 Å². The lowest BCUT2D eigenvalue weighted by atomic mass is 9.98. The second-order valence-electron chi connectivity index (χ2n) is 7.84. The fourth-order valence-corrected chi connectivity index (χ4v) is 3.99. The number of carbonyl (C=O) groups is 3. The van der Waals surface area contributed by atoms with E-state index in [1.165, 1.54) is 11.6 Å². The number of H-pyrrole nitrogens is 1. The van der Waals surface area contributed by atoms with Crippen molar-refractivity contribution in [1.29, 1.82) is 0 Å². The Bertz CT molecular complexity index is 1250. The Morgan fingerprint density at radius 2 is 1.74 bits per heavy atom. The molecule has 11 heteroatoms. The normalized spacial score (nSPS) is 13.0. The van der Waals surface area contributed by atoms with Crippen LogP contribution in [0.1, 0.15) is 29.3 Å². The van der Waals surface area contributed by atoms with Crippen LogP contribution >= 0.6 is 0 Å². The molecule has 0 bridgehead atoms. The van der Waals surface area contributed by atoms with E-state index in [1.807, 2.05) is 48.5 Å². The highest BCUT2D eigenvalue weighted by Gasteiger charge is 2.30. The second kappa shape index (κ2) is 9.61. The number of aromatic nitrogens is 3. The van der Waals surface area contributed by atoms with Crippen LogP contribution in [-0.4, -0.2) is 50.5 Å². The van der Waals surface area contributed by atoms with E-state index in [0.717, 1.165) is 22.3 Å². The maximum absolute atomic E-state index is 12.5. The van der Waals surface area contributed by atoms with Gasteiger partial charge in [-0.3, -0.25) is 14.2 Å². The summed E-state index contributed by atoms with van der Waals surface area (Å²) in [4.78, 5) is 47.7. The smallest absolute Gasteiger partial charge is 0.407 e. The maximum atomic E-state index is 12.5. The number of benzene rings is 2. The van der Waals surface area contributed by atoms with Gasteiger partial charge in [-0.05, 0) is 22.3 Å². The van der Waals surface area contributed by atoms with Crippen molar-refractivity contribution < 1.29 is 24.2 Å². The van der Waals surface area contributed by atoms with Gasteiger partial charge >= 0.3 is 17.8 Å². The first-order valence-corrected chi connectivity index (χ1v) is 10.6. The Morgan fingerprint density at radius 3 is 2.29 bits per heavy atom. The fourth-order valence-electron chi connectivity index (χ4n) is 3.99. The maximum Gasteiger partial charge on any atom is 0.407 e. The molecule has 0 radical (unpaired) electrons. The van der Waals surface area contributed by atoms with Crippen molar-refractivity contribution in [2.45, 2.75) is 24.9 Å². The molecule has 1 aliphatic carbocycles. The molecule has 2 amide bonds. The van der Waals surface area contributed by atoms with E-state index in [2.05, 4.69) is 20.8 Å². The number of carboxylic acids is 1. The highest BCUT2D eigenvalue weighted by Crippen LogP contribution is 2.44. The van der Waals surface area contributed by atoms with Gasteiger partial charge in [0, 0.05) is 13.0 Å². The average Bonchev–Trinajstić information content (AvgIpc) is 3.32. The summed E-state index contributed by atoms with van der Waals surface area (Å²) in [5.74, 6) is -1.95. The molecule has 2 aromatic carbocycles. The van der Waals surface area contributed by atoms with Crippen molar-refractivity contribution in [3.05, 3.63) is 76.0 Å². The lowest BCUT2D eigenvalue weighted by Gasteiger charge is -2.18. The predicted molar refractivity (Wildman–Crippen MR) is 120 cm³/mol. The minimum atomic E-state index is -1.37. The molecule has 1 atom stereocenters. The van der Waals surface area contributed by atoms with Gasteiger partial charge in [-0.25, -0.2) is 14.7 Å². The molecule has 4 rings (SSSR count). The molecule has 34 heavy (non-hydrogen) atoms. The first-order valence-electron chi connectivity index (χ1n) is 10.6. The van der Waals surface area contributed by atoms with E-state index in [0.29, 0.717) is 0 Å². The SMILES string of the molecule is Cn1c(CNC(=O)C(CC(=O)O)NC(=O)OCC2c3ccccc3-c3ccccc32)n[nH]c1=O. The molecule has 1 aliphatic rings. The number of amides is 2. The highest BCUT2D eigenvalue weighted by molar-refractivity contribution is 5.89. The number of ether oxygens (including phenoxy) is 1. The predicted octanol–water partition coefficient (Wildman–Crippen LogP) is 1.11. The summed E-state index contributed by atoms with van der Waals surface area (Å²) >= 11 is 0. The number of carbonyl (C=O) groups excluding carboxylic acids is 2. The monoisotopic (exact) mass is 465 g/mol. The number of carboxylic acid groups (broad SMARTS) is 1. The number of aliphatic carboxylic acids is 1. The van der Waals surface area contributed by atoms with E-state index >= 15 is 0 Å². The van der Waals surface area contributed by atoms with Gasteiger partial charge in [0.05, 0.1) is 13.0 Å². The number of hydrogen-bond donors (Lipinski definition) is 4. The van der Waals surface area contributed by atoms with Crippen LogP contribution in [0.15, 0.2) is 53.3 Å². The zero-order chi connectivity index (χ0) is 24.2. The van der Waals surface area contributed by atoms with E-state index in [1.54, 1.807) is 0 Å². The molecule has 0 saturated carbocycles. The minimum Gasteiger partial charge on any atom is -0.481 e. The van der Waals surface area contributed by atoms with Gasteiger partial charge in [-0.2, -0.15) is 5.10 Å². The van der Waals surface area contributed by atoms with Crippen LogP contribution in [0.4, 0.5) is 4.79 Å². The van der Waals surface area contributed by atoms with Crippen molar-refractivity contribution in [3.63, 3.8) is 0 Å². The zero-order valence-corrected chi connectivity index (χ0v) is 18.3. The van der Waals surface area contributed by atoms with E-state index in [9.17, 15) is 19.2 Å². The van der Waals surface area contributed by atoms with Gasteiger partial charge in [-0.1, -0.05) is 48.5 Å². The molecule has 0 saturated heterocycles. The minimum absolute atomic E-state index is 0.0245. The van der Waals surface area contributed by atoms with Gasteiger partial charge in [0.15, 0.2) is 5.82 Å². The summed E-state index contributed by atoms with van der Waals surface area (Å²) in [7, 11) is 1.47. The van der Waals surface area contributed by atoms with Crippen LogP contribution in [0.25, 0.3) is 11.1 Å². The molecular formula is C23H23N5O6. The van der Waals surface area contributed by atoms with E-state index < -0.39 is 36.1 Å². The van der Waals surface area contributed by atoms with Crippen molar-refractivity contribution in [2.75, 3.05) is 6.61 Å².